The number of rotatable bonds is 11. The van der Waals surface area contributed by atoms with E-state index in [0.29, 0.717) is 5.56 Å². The van der Waals surface area contributed by atoms with Crippen molar-refractivity contribution in [3.05, 3.63) is 71.0 Å². The topological polar surface area (TPSA) is 88.0 Å². The normalized spacial score (nSPS) is 19.8. The Balaban J connectivity index is 1.78. The maximum Gasteiger partial charge on any atom is 0.263 e. The molecule has 2 N–H and O–H groups in total. The average Bonchev–Trinajstić information content (AvgIpc) is 2.77. The maximum atomic E-state index is 14.4. The number of nitrogens with zero attached hydrogens (tertiary/aromatic N) is 1. The Labute approximate surface area is 202 Å². The zero-order valence-electron chi connectivity index (χ0n) is 20.1. The predicted molar refractivity (Wildman–Crippen MR) is 133 cm³/mol. The number of hydrogen-bond acceptors (Lipinski definition) is 5. The summed E-state index contributed by atoms with van der Waals surface area (Å²) in [7, 11) is -1.93. The summed E-state index contributed by atoms with van der Waals surface area (Å²) in [5.41, 5.74) is 1.52. The Hall–Kier alpha value is -2.29. The molecule has 0 saturated heterocycles. The third-order valence-electron chi connectivity index (χ3n) is 6.32. The van der Waals surface area contributed by atoms with Crippen LogP contribution in [0, 0.1) is 5.82 Å². The molecule has 0 bridgehead atoms. The smallest absolute Gasteiger partial charge is 0.263 e. The molecule has 186 valence electrons. The number of halogens is 1. The summed E-state index contributed by atoms with van der Waals surface area (Å²) < 4.78 is 50.8. The lowest BCUT2D eigenvalue weighted by atomic mass is 9.91. The molecule has 0 fully saturated rings. The molecule has 0 radical (unpaired) electrons. The van der Waals surface area contributed by atoms with Gasteiger partial charge < -0.3 is 15.2 Å². The zero-order valence-corrected chi connectivity index (χ0v) is 20.9. The van der Waals surface area contributed by atoms with Crippen LogP contribution in [0.25, 0.3) is 0 Å². The van der Waals surface area contributed by atoms with E-state index < -0.39 is 32.6 Å². The van der Waals surface area contributed by atoms with Crippen LogP contribution in [0.2, 0.25) is 0 Å². The Morgan fingerprint density at radius 1 is 1.15 bits per heavy atom. The van der Waals surface area contributed by atoms with Crippen LogP contribution < -0.4 is 5.32 Å². The van der Waals surface area contributed by atoms with Crippen LogP contribution in [0.15, 0.2) is 52.9 Å². The summed E-state index contributed by atoms with van der Waals surface area (Å²) in [6.45, 7) is 4.29. The first-order valence-corrected chi connectivity index (χ1v) is 13.3. The van der Waals surface area contributed by atoms with Crippen LogP contribution in [0.1, 0.15) is 55.7 Å². The van der Waals surface area contributed by atoms with Gasteiger partial charge in [0.2, 0.25) is 5.90 Å². The number of aliphatic hydroxyl groups excluding tert-OH is 1. The summed E-state index contributed by atoms with van der Waals surface area (Å²) in [6, 6.07) is 14.3. The SMILES string of the molecule is CNCCCc1ccc(CC2C(C)(C)OC(C[C@@H](CCO)c3ccccc3F)=NS2(=O)=O)cc1. The molecule has 0 aliphatic carbocycles. The first-order valence-electron chi connectivity index (χ1n) is 11.8. The minimum atomic E-state index is -3.86. The van der Waals surface area contributed by atoms with Gasteiger partial charge in [-0.05, 0) is 81.8 Å². The molecule has 0 spiro atoms. The van der Waals surface area contributed by atoms with Gasteiger partial charge in [0.25, 0.3) is 10.0 Å². The van der Waals surface area contributed by atoms with E-state index in [0.717, 1.165) is 24.9 Å². The van der Waals surface area contributed by atoms with Crippen molar-refractivity contribution in [3.8, 4) is 0 Å². The number of benzene rings is 2. The van der Waals surface area contributed by atoms with E-state index in [1.807, 2.05) is 31.3 Å². The van der Waals surface area contributed by atoms with E-state index in [-0.39, 0.29) is 31.8 Å². The molecule has 0 aromatic heterocycles. The zero-order chi connectivity index (χ0) is 24.8. The summed E-state index contributed by atoms with van der Waals surface area (Å²) in [5.74, 6) is -0.780. The standard InChI is InChI=1S/C26H35FN2O4S/c1-26(2)24(17-20-12-10-19(11-13-20)7-6-15-28-3)34(31,32)29-25(33-26)18-21(14-16-30)22-8-4-5-9-23(22)27/h4-5,8-13,21,24,28,30H,6-7,14-18H2,1-3H3/t21-,24?/m1/s1. The van der Waals surface area contributed by atoms with Crippen molar-refractivity contribution in [2.45, 2.75) is 62.7 Å². The fourth-order valence-corrected chi connectivity index (χ4v) is 6.14. The van der Waals surface area contributed by atoms with E-state index >= 15 is 0 Å². The summed E-state index contributed by atoms with van der Waals surface area (Å²) in [5, 5.41) is 11.8. The van der Waals surface area contributed by atoms with Gasteiger partial charge >= 0.3 is 0 Å². The number of hydrogen-bond donors (Lipinski definition) is 2. The third kappa shape index (κ3) is 6.64. The van der Waals surface area contributed by atoms with Gasteiger partial charge in [0.1, 0.15) is 16.7 Å². The first kappa shape index (κ1) is 26.3. The van der Waals surface area contributed by atoms with Crippen molar-refractivity contribution in [1.82, 2.24) is 5.32 Å². The van der Waals surface area contributed by atoms with E-state index in [2.05, 4.69) is 9.71 Å². The third-order valence-corrected chi connectivity index (χ3v) is 8.24. The van der Waals surface area contributed by atoms with Gasteiger partial charge in [-0.1, -0.05) is 42.5 Å². The molecule has 1 unspecified atom stereocenters. The van der Waals surface area contributed by atoms with Crippen LogP contribution in [-0.4, -0.2) is 50.5 Å². The quantitative estimate of drug-likeness (QED) is 0.465. The first-order chi connectivity index (χ1) is 16.2. The van der Waals surface area contributed by atoms with Crippen molar-refractivity contribution in [1.29, 1.82) is 0 Å². The number of aryl methyl sites for hydroxylation is 1. The molecular formula is C26H35FN2O4S. The lowest BCUT2D eigenvalue weighted by molar-refractivity contribution is 0.0797. The van der Waals surface area contributed by atoms with Crippen molar-refractivity contribution in [2.75, 3.05) is 20.2 Å². The monoisotopic (exact) mass is 490 g/mol. The molecule has 3 rings (SSSR count). The second-order valence-corrected chi connectivity index (χ2v) is 11.1. The molecule has 1 aliphatic heterocycles. The molecule has 1 aliphatic rings. The minimum Gasteiger partial charge on any atom is -0.473 e. The minimum absolute atomic E-state index is 0.0582. The lowest BCUT2D eigenvalue weighted by Crippen LogP contribution is -2.50. The van der Waals surface area contributed by atoms with Gasteiger partial charge in [-0.15, -0.1) is 4.40 Å². The van der Waals surface area contributed by atoms with Crippen molar-refractivity contribution < 1.29 is 22.7 Å². The fourth-order valence-electron chi connectivity index (χ4n) is 4.45. The largest absolute Gasteiger partial charge is 0.473 e. The summed E-state index contributed by atoms with van der Waals surface area (Å²) in [4.78, 5) is 0. The fraction of sp³-hybridized carbons (Fsp3) is 0.500. The highest BCUT2D eigenvalue weighted by Gasteiger charge is 2.46. The highest BCUT2D eigenvalue weighted by Crippen LogP contribution is 2.34. The molecule has 34 heavy (non-hydrogen) atoms. The number of nitrogens with one attached hydrogen (secondary N) is 1. The lowest BCUT2D eigenvalue weighted by Gasteiger charge is -2.38. The second-order valence-electron chi connectivity index (χ2n) is 9.36. The van der Waals surface area contributed by atoms with Gasteiger partial charge in [-0.25, -0.2) is 12.8 Å². The van der Waals surface area contributed by atoms with Crippen molar-refractivity contribution in [3.63, 3.8) is 0 Å². The van der Waals surface area contributed by atoms with E-state index in [1.165, 1.54) is 11.6 Å². The molecule has 8 heteroatoms. The maximum absolute atomic E-state index is 14.4. The van der Waals surface area contributed by atoms with E-state index in [1.54, 1.807) is 32.0 Å². The molecule has 1 heterocycles. The Bertz CT molecular complexity index is 1080. The van der Waals surface area contributed by atoms with Gasteiger partial charge in [0.05, 0.1) is 0 Å². The van der Waals surface area contributed by atoms with Crippen molar-refractivity contribution in [2.24, 2.45) is 4.40 Å². The molecular weight excluding hydrogens is 455 g/mol. The average molecular weight is 491 g/mol. The molecule has 0 saturated carbocycles. The van der Waals surface area contributed by atoms with Gasteiger partial charge in [-0.3, -0.25) is 0 Å². The van der Waals surface area contributed by atoms with Crippen LogP contribution in [0.3, 0.4) is 0 Å². The number of sulfonamides is 1. The highest BCUT2D eigenvalue weighted by atomic mass is 32.2. The number of ether oxygens (including phenoxy) is 1. The summed E-state index contributed by atoms with van der Waals surface area (Å²) >= 11 is 0. The van der Waals surface area contributed by atoms with Gasteiger partial charge in [0.15, 0.2) is 0 Å². The predicted octanol–water partition coefficient (Wildman–Crippen LogP) is 3.98. The Kier molecular flexibility index (Phi) is 8.84. The Morgan fingerprint density at radius 2 is 1.82 bits per heavy atom. The molecule has 0 amide bonds. The Morgan fingerprint density at radius 3 is 2.44 bits per heavy atom. The number of aliphatic hydroxyl groups is 1. The van der Waals surface area contributed by atoms with Gasteiger partial charge in [-0.2, -0.15) is 0 Å². The van der Waals surface area contributed by atoms with Crippen LogP contribution in [0.4, 0.5) is 4.39 Å². The molecule has 6 nitrogen and oxygen atoms in total. The molecule has 2 aromatic carbocycles. The summed E-state index contributed by atoms with van der Waals surface area (Å²) in [6.07, 6.45) is 2.65. The molecule has 2 aromatic rings. The van der Waals surface area contributed by atoms with Gasteiger partial charge in [0, 0.05) is 13.0 Å². The highest BCUT2D eigenvalue weighted by molar-refractivity contribution is 7.91. The van der Waals surface area contributed by atoms with Crippen LogP contribution >= 0.6 is 0 Å². The van der Waals surface area contributed by atoms with Crippen molar-refractivity contribution >= 4 is 15.9 Å². The van der Waals surface area contributed by atoms with Crippen LogP contribution in [-0.2, 0) is 27.6 Å². The molecule has 2 atom stereocenters. The van der Waals surface area contributed by atoms with Crippen LogP contribution in [0.5, 0.6) is 0 Å². The second kappa shape index (κ2) is 11.4. The van der Waals surface area contributed by atoms with E-state index in [4.69, 9.17) is 4.74 Å². The van der Waals surface area contributed by atoms with E-state index in [9.17, 15) is 17.9 Å².